The molecule has 5 rings (SSSR count). The van der Waals surface area contributed by atoms with E-state index in [9.17, 15) is 0 Å². The minimum atomic E-state index is -0.0488. The lowest BCUT2D eigenvalue weighted by atomic mass is 9.91. The predicted molar refractivity (Wildman–Crippen MR) is 125 cm³/mol. The second-order valence-corrected chi connectivity index (χ2v) is 8.46. The summed E-state index contributed by atoms with van der Waals surface area (Å²) in [6.07, 6.45) is 0. The van der Waals surface area contributed by atoms with Crippen molar-refractivity contribution in [2.24, 2.45) is 0 Å². The summed E-state index contributed by atoms with van der Waals surface area (Å²) >= 11 is 0. The summed E-state index contributed by atoms with van der Waals surface area (Å²) in [5.41, 5.74) is 3.64. The number of hydrogen-bond acceptors (Lipinski definition) is 5. The van der Waals surface area contributed by atoms with Crippen LogP contribution in [0.2, 0.25) is 0 Å². The molecule has 2 heterocycles. The molecule has 0 radical (unpaired) electrons. The summed E-state index contributed by atoms with van der Waals surface area (Å²) in [5.74, 6) is 1.33. The lowest BCUT2D eigenvalue weighted by molar-refractivity contribution is 0.0737. The van der Waals surface area contributed by atoms with E-state index in [1.165, 1.54) is 5.56 Å². The van der Waals surface area contributed by atoms with E-state index in [0.29, 0.717) is 24.3 Å². The van der Waals surface area contributed by atoms with Gasteiger partial charge in [0.1, 0.15) is 0 Å². The Morgan fingerprint density at radius 2 is 1.44 bits per heavy atom. The molecule has 1 atom stereocenters. The van der Waals surface area contributed by atoms with Crippen molar-refractivity contribution in [1.29, 1.82) is 0 Å². The molecule has 0 unspecified atom stereocenters. The number of aromatic nitrogens is 2. The Hall–Kier alpha value is -3.28. The Labute approximate surface area is 189 Å². The Morgan fingerprint density at radius 3 is 2.06 bits per heavy atom. The van der Waals surface area contributed by atoms with Crippen molar-refractivity contribution in [1.82, 2.24) is 19.9 Å². The molecule has 0 N–H and O–H groups in total. The summed E-state index contributed by atoms with van der Waals surface area (Å²) < 4.78 is 5.79. The van der Waals surface area contributed by atoms with Crippen LogP contribution in [0.3, 0.4) is 0 Å². The molecule has 0 spiro atoms. The maximum Gasteiger partial charge on any atom is 0.240 e. The third-order valence-electron chi connectivity index (χ3n) is 6.22. The maximum atomic E-state index is 5.79. The van der Waals surface area contributed by atoms with Crippen molar-refractivity contribution in [3.8, 4) is 0 Å². The fourth-order valence-corrected chi connectivity index (χ4v) is 4.54. The van der Waals surface area contributed by atoms with Gasteiger partial charge in [0.05, 0.1) is 12.5 Å². The first-order valence-corrected chi connectivity index (χ1v) is 11.2. The molecule has 0 aliphatic carbocycles. The van der Waals surface area contributed by atoms with Crippen LogP contribution in [0.5, 0.6) is 0 Å². The largest absolute Gasteiger partial charge is 0.338 e. The Kier molecular flexibility index (Phi) is 6.10. The zero-order chi connectivity index (χ0) is 21.8. The van der Waals surface area contributed by atoms with Gasteiger partial charge in [0, 0.05) is 25.7 Å². The molecular weight excluding hydrogens is 396 g/mol. The molecule has 0 amide bonds. The van der Waals surface area contributed by atoms with Crippen LogP contribution in [0, 0.1) is 0 Å². The van der Waals surface area contributed by atoms with E-state index in [0.717, 1.165) is 30.8 Å². The summed E-state index contributed by atoms with van der Waals surface area (Å²) in [7, 11) is 2.18. The van der Waals surface area contributed by atoms with Gasteiger partial charge in [-0.05, 0) is 23.7 Å². The lowest BCUT2D eigenvalue weighted by Gasteiger charge is -2.39. The van der Waals surface area contributed by atoms with Gasteiger partial charge in [0.15, 0.2) is 5.82 Å². The molecule has 0 saturated carbocycles. The standard InChI is InChI=1S/C27H28N4O/c1-30-17-18-31(24(19-30)21-11-5-2-6-12-21)20-25-28-27(29-32-25)26(22-13-7-3-8-14-22)23-15-9-4-10-16-23/h2-16,24,26H,17-20H2,1H3/t24-/m1/s1. The molecule has 3 aromatic carbocycles. The second-order valence-electron chi connectivity index (χ2n) is 8.46. The zero-order valence-corrected chi connectivity index (χ0v) is 18.3. The first kappa shape index (κ1) is 20.6. The van der Waals surface area contributed by atoms with Crippen molar-refractivity contribution in [3.05, 3.63) is 119 Å². The molecule has 5 nitrogen and oxygen atoms in total. The minimum Gasteiger partial charge on any atom is -0.338 e. The molecule has 1 aromatic heterocycles. The number of nitrogens with zero attached hydrogens (tertiary/aromatic N) is 4. The van der Waals surface area contributed by atoms with Gasteiger partial charge in [0.2, 0.25) is 5.89 Å². The Morgan fingerprint density at radius 1 is 0.844 bits per heavy atom. The number of likely N-dealkylation sites (N-methyl/N-ethyl adjacent to an activating group) is 1. The van der Waals surface area contributed by atoms with Crippen LogP contribution in [0.4, 0.5) is 0 Å². The molecule has 0 bridgehead atoms. The normalized spacial score (nSPS) is 17.6. The Bertz CT molecular complexity index is 1070. The fraction of sp³-hybridized carbons (Fsp3) is 0.259. The topological polar surface area (TPSA) is 45.4 Å². The molecule has 1 aliphatic rings. The highest BCUT2D eigenvalue weighted by atomic mass is 16.5. The summed E-state index contributed by atoms with van der Waals surface area (Å²) in [4.78, 5) is 9.71. The monoisotopic (exact) mass is 424 g/mol. The third-order valence-corrected chi connectivity index (χ3v) is 6.22. The Balaban J connectivity index is 1.42. The zero-order valence-electron chi connectivity index (χ0n) is 18.3. The predicted octanol–water partition coefficient (Wildman–Crippen LogP) is 4.74. The van der Waals surface area contributed by atoms with Crippen LogP contribution in [-0.2, 0) is 6.54 Å². The van der Waals surface area contributed by atoms with Gasteiger partial charge in [-0.25, -0.2) is 0 Å². The van der Waals surface area contributed by atoms with Gasteiger partial charge in [0.25, 0.3) is 0 Å². The quantitative estimate of drug-likeness (QED) is 0.447. The van der Waals surface area contributed by atoms with Crippen molar-refractivity contribution in [3.63, 3.8) is 0 Å². The highest BCUT2D eigenvalue weighted by Crippen LogP contribution is 2.31. The average molecular weight is 425 g/mol. The van der Waals surface area contributed by atoms with Crippen LogP contribution in [-0.4, -0.2) is 46.6 Å². The molecule has 1 saturated heterocycles. The first-order chi connectivity index (χ1) is 15.8. The van der Waals surface area contributed by atoms with E-state index < -0.39 is 0 Å². The fourth-order valence-electron chi connectivity index (χ4n) is 4.54. The summed E-state index contributed by atoms with van der Waals surface area (Å²) in [6, 6.07) is 31.8. The van der Waals surface area contributed by atoms with Crippen LogP contribution in [0.1, 0.15) is 40.4 Å². The molecule has 162 valence electrons. The third kappa shape index (κ3) is 4.49. The van der Waals surface area contributed by atoms with E-state index in [1.807, 2.05) is 12.1 Å². The molecule has 1 aliphatic heterocycles. The molecular formula is C27H28N4O. The molecule has 1 fully saturated rings. The van der Waals surface area contributed by atoms with Crippen molar-refractivity contribution >= 4 is 0 Å². The maximum absolute atomic E-state index is 5.79. The highest BCUT2D eigenvalue weighted by molar-refractivity contribution is 5.37. The van der Waals surface area contributed by atoms with Crippen molar-refractivity contribution in [2.75, 3.05) is 26.7 Å². The van der Waals surface area contributed by atoms with E-state index in [2.05, 4.69) is 101 Å². The van der Waals surface area contributed by atoms with Gasteiger partial charge >= 0.3 is 0 Å². The van der Waals surface area contributed by atoms with Crippen LogP contribution in [0.25, 0.3) is 0 Å². The van der Waals surface area contributed by atoms with E-state index in [4.69, 9.17) is 9.51 Å². The van der Waals surface area contributed by atoms with E-state index >= 15 is 0 Å². The van der Waals surface area contributed by atoms with Gasteiger partial charge in [-0.1, -0.05) is 96.2 Å². The van der Waals surface area contributed by atoms with Gasteiger partial charge in [-0.15, -0.1) is 0 Å². The SMILES string of the molecule is CN1CCN(Cc2nc(C(c3ccccc3)c3ccccc3)no2)[C@@H](c2ccccc2)C1. The van der Waals surface area contributed by atoms with Crippen LogP contribution < -0.4 is 0 Å². The van der Waals surface area contributed by atoms with Gasteiger partial charge in [-0.2, -0.15) is 4.98 Å². The highest BCUT2D eigenvalue weighted by Gasteiger charge is 2.29. The van der Waals surface area contributed by atoms with Crippen LogP contribution >= 0.6 is 0 Å². The number of benzene rings is 3. The van der Waals surface area contributed by atoms with Gasteiger partial charge < -0.3 is 9.42 Å². The van der Waals surface area contributed by atoms with Gasteiger partial charge in [-0.3, -0.25) is 4.90 Å². The first-order valence-electron chi connectivity index (χ1n) is 11.2. The smallest absolute Gasteiger partial charge is 0.240 e. The van der Waals surface area contributed by atoms with Crippen LogP contribution in [0.15, 0.2) is 95.5 Å². The molecule has 32 heavy (non-hydrogen) atoms. The number of hydrogen-bond donors (Lipinski definition) is 0. The second kappa shape index (κ2) is 9.47. The van der Waals surface area contributed by atoms with E-state index in [-0.39, 0.29) is 5.92 Å². The van der Waals surface area contributed by atoms with Crippen molar-refractivity contribution in [2.45, 2.75) is 18.5 Å². The lowest BCUT2D eigenvalue weighted by Crippen LogP contribution is -2.46. The number of rotatable bonds is 6. The summed E-state index contributed by atoms with van der Waals surface area (Å²) in [5, 5.41) is 4.42. The molecule has 5 heteroatoms. The van der Waals surface area contributed by atoms with Crippen molar-refractivity contribution < 1.29 is 4.52 Å². The number of piperazine rings is 1. The van der Waals surface area contributed by atoms with E-state index in [1.54, 1.807) is 0 Å². The summed E-state index contributed by atoms with van der Waals surface area (Å²) in [6.45, 7) is 3.63. The molecule has 4 aromatic rings. The minimum absolute atomic E-state index is 0.0488. The average Bonchev–Trinajstić information content (AvgIpc) is 3.30.